The molecule has 0 saturated carbocycles. The highest BCUT2D eigenvalue weighted by molar-refractivity contribution is 5.95. The summed E-state index contributed by atoms with van der Waals surface area (Å²) in [6, 6.07) is 22.8. The van der Waals surface area contributed by atoms with E-state index in [1.807, 2.05) is 74.5 Å². The highest BCUT2D eigenvalue weighted by atomic mass is 16.3. The van der Waals surface area contributed by atoms with Gasteiger partial charge in [0, 0.05) is 23.6 Å². The van der Waals surface area contributed by atoms with E-state index in [0.29, 0.717) is 22.5 Å². The first-order valence-corrected chi connectivity index (χ1v) is 9.70. The molecule has 0 fully saturated rings. The van der Waals surface area contributed by atoms with Crippen LogP contribution in [0.3, 0.4) is 0 Å². The van der Waals surface area contributed by atoms with Crippen LogP contribution in [0.1, 0.15) is 22.3 Å². The number of hydrogen-bond acceptors (Lipinski definition) is 4. The number of aromatic hydroxyl groups is 2. The smallest absolute Gasteiger partial charge is 0.124 e. The molecule has 0 bridgehead atoms. The summed E-state index contributed by atoms with van der Waals surface area (Å²) in [5, 5.41) is 22.3. The number of aryl methyl sites for hydroxylation is 2. The van der Waals surface area contributed by atoms with Gasteiger partial charge >= 0.3 is 0 Å². The average Bonchev–Trinajstić information content (AvgIpc) is 2.74. The van der Waals surface area contributed by atoms with Crippen molar-refractivity contribution in [1.29, 1.82) is 0 Å². The average molecular weight is 394 g/mol. The van der Waals surface area contributed by atoms with Crippen molar-refractivity contribution in [3.05, 3.63) is 95.1 Å². The van der Waals surface area contributed by atoms with Crippen LogP contribution in [0.4, 0.5) is 11.4 Å². The molecule has 0 aliphatic heterocycles. The Bertz CT molecular complexity index is 1190. The first kappa shape index (κ1) is 19.4. The summed E-state index contributed by atoms with van der Waals surface area (Å²) in [6.45, 7) is 3.94. The number of rotatable bonds is 4. The van der Waals surface area contributed by atoms with Crippen molar-refractivity contribution >= 4 is 34.6 Å². The summed E-state index contributed by atoms with van der Waals surface area (Å²) < 4.78 is 0. The second-order valence-corrected chi connectivity index (χ2v) is 7.33. The van der Waals surface area contributed by atoms with Gasteiger partial charge in [-0.3, -0.25) is 9.98 Å². The molecule has 4 nitrogen and oxygen atoms in total. The summed E-state index contributed by atoms with van der Waals surface area (Å²) in [7, 11) is 0. The van der Waals surface area contributed by atoms with E-state index in [0.717, 1.165) is 21.9 Å². The molecule has 0 aliphatic carbocycles. The summed E-state index contributed by atoms with van der Waals surface area (Å²) in [5.74, 6) is 0.361. The van der Waals surface area contributed by atoms with E-state index in [1.165, 1.54) is 0 Å². The van der Waals surface area contributed by atoms with E-state index in [1.54, 1.807) is 24.6 Å². The predicted molar refractivity (Wildman–Crippen MR) is 124 cm³/mol. The minimum absolute atomic E-state index is 0.180. The van der Waals surface area contributed by atoms with Crippen molar-refractivity contribution in [2.45, 2.75) is 13.8 Å². The highest BCUT2D eigenvalue weighted by Gasteiger charge is 2.05. The zero-order valence-electron chi connectivity index (χ0n) is 16.9. The second kappa shape index (κ2) is 8.21. The zero-order chi connectivity index (χ0) is 21.1. The first-order chi connectivity index (χ1) is 14.5. The van der Waals surface area contributed by atoms with Gasteiger partial charge in [-0.25, -0.2) is 0 Å². The SMILES string of the molecule is Cc1ccc(O)c(C=Nc2cc3ccccc3cc2N=Cc2cc(C)ccc2O)c1. The van der Waals surface area contributed by atoms with Crippen molar-refractivity contribution < 1.29 is 10.2 Å². The Kier molecular flexibility index (Phi) is 5.31. The summed E-state index contributed by atoms with van der Waals surface area (Å²) >= 11 is 0. The zero-order valence-corrected chi connectivity index (χ0v) is 16.9. The summed E-state index contributed by atoms with van der Waals surface area (Å²) in [6.07, 6.45) is 3.30. The van der Waals surface area contributed by atoms with Gasteiger partial charge in [0.2, 0.25) is 0 Å². The Labute approximate surface area is 175 Å². The third kappa shape index (κ3) is 4.23. The fourth-order valence-electron chi connectivity index (χ4n) is 3.26. The molecule has 4 rings (SSSR count). The largest absolute Gasteiger partial charge is 0.507 e. The molecule has 4 aromatic rings. The minimum Gasteiger partial charge on any atom is -0.507 e. The van der Waals surface area contributed by atoms with Gasteiger partial charge in [0.25, 0.3) is 0 Å². The van der Waals surface area contributed by atoms with Gasteiger partial charge in [0.15, 0.2) is 0 Å². The standard InChI is InChI=1S/C26H22N2O2/c1-17-7-9-25(29)21(11-17)15-27-23-13-19-5-3-4-6-20(19)14-24(23)28-16-22-12-18(2)8-10-26(22)30/h3-16,29-30H,1-2H3. The lowest BCUT2D eigenvalue weighted by atomic mass is 10.1. The van der Waals surface area contributed by atoms with Crippen LogP contribution in [0.15, 0.2) is 82.8 Å². The molecule has 4 aromatic carbocycles. The Morgan fingerprint density at radius 2 is 1.03 bits per heavy atom. The Morgan fingerprint density at radius 1 is 0.600 bits per heavy atom. The maximum Gasteiger partial charge on any atom is 0.124 e. The van der Waals surface area contributed by atoms with Gasteiger partial charge in [0.05, 0.1) is 11.4 Å². The van der Waals surface area contributed by atoms with E-state index in [2.05, 4.69) is 9.98 Å². The molecule has 0 aromatic heterocycles. The third-order valence-electron chi connectivity index (χ3n) is 4.89. The van der Waals surface area contributed by atoms with E-state index >= 15 is 0 Å². The lowest BCUT2D eigenvalue weighted by molar-refractivity contribution is 0.474. The van der Waals surface area contributed by atoms with E-state index in [9.17, 15) is 10.2 Å². The van der Waals surface area contributed by atoms with Gasteiger partial charge in [-0.15, -0.1) is 0 Å². The van der Waals surface area contributed by atoms with Gasteiger partial charge in [0.1, 0.15) is 11.5 Å². The van der Waals surface area contributed by atoms with Crippen LogP contribution in [0.2, 0.25) is 0 Å². The fraction of sp³-hybridized carbons (Fsp3) is 0.0769. The quantitative estimate of drug-likeness (QED) is 0.395. The molecule has 2 N–H and O–H groups in total. The maximum atomic E-state index is 10.1. The minimum atomic E-state index is 0.180. The lowest BCUT2D eigenvalue weighted by Crippen LogP contribution is -1.85. The van der Waals surface area contributed by atoms with Crippen molar-refractivity contribution in [3.63, 3.8) is 0 Å². The molecule has 0 atom stereocenters. The number of phenols is 2. The van der Waals surface area contributed by atoms with E-state index in [4.69, 9.17) is 0 Å². The van der Waals surface area contributed by atoms with Crippen LogP contribution >= 0.6 is 0 Å². The first-order valence-electron chi connectivity index (χ1n) is 9.70. The molecule has 0 heterocycles. The molecule has 148 valence electrons. The number of nitrogens with zero attached hydrogens (tertiary/aromatic N) is 2. The van der Waals surface area contributed by atoms with Crippen LogP contribution in [-0.2, 0) is 0 Å². The molecular formula is C26H22N2O2. The summed E-state index contributed by atoms with van der Waals surface area (Å²) in [5.41, 5.74) is 4.74. The number of benzene rings is 4. The predicted octanol–water partition coefficient (Wildman–Crippen LogP) is 6.37. The number of phenolic OH excluding ortho intramolecular Hbond substituents is 2. The number of hydrogen-bond donors (Lipinski definition) is 2. The molecule has 0 amide bonds. The maximum absolute atomic E-state index is 10.1. The van der Waals surface area contributed by atoms with E-state index < -0.39 is 0 Å². The second-order valence-electron chi connectivity index (χ2n) is 7.33. The Morgan fingerprint density at radius 3 is 1.47 bits per heavy atom. The number of aliphatic imine (C=N–C) groups is 2. The highest BCUT2D eigenvalue weighted by Crippen LogP contribution is 2.33. The van der Waals surface area contributed by atoms with Crippen molar-refractivity contribution in [1.82, 2.24) is 0 Å². The Balaban J connectivity index is 1.79. The van der Waals surface area contributed by atoms with E-state index in [-0.39, 0.29) is 11.5 Å². The third-order valence-corrected chi connectivity index (χ3v) is 4.89. The monoisotopic (exact) mass is 394 g/mol. The molecule has 0 radical (unpaired) electrons. The molecule has 0 spiro atoms. The van der Waals surface area contributed by atoms with Crippen molar-refractivity contribution in [2.24, 2.45) is 9.98 Å². The Hall–Kier alpha value is -3.92. The molecule has 0 saturated heterocycles. The molecular weight excluding hydrogens is 372 g/mol. The van der Waals surface area contributed by atoms with Gasteiger partial charge in [-0.05, 0) is 61.0 Å². The topological polar surface area (TPSA) is 65.2 Å². The van der Waals surface area contributed by atoms with Crippen LogP contribution in [0.25, 0.3) is 10.8 Å². The molecule has 0 unspecified atom stereocenters. The molecule has 0 aliphatic rings. The van der Waals surface area contributed by atoms with Crippen LogP contribution in [0, 0.1) is 13.8 Å². The summed E-state index contributed by atoms with van der Waals surface area (Å²) in [4.78, 5) is 9.24. The van der Waals surface area contributed by atoms with Gasteiger partial charge in [-0.2, -0.15) is 0 Å². The van der Waals surface area contributed by atoms with Crippen LogP contribution in [0.5, 0.6) is 11.5 Å². The van der Waals surface area contributed by atoms with Crippen LogP contribution < -0.4 is 0 Å². The molecule has 30 heavy (non-hydrogen) atoms. The number of fused-ring (bicyclic) bond motifs is 1. The van der Waals surface area contributed by atoms with Crippen molar-refractivity contribution in [3.8, 4) is 11.5 Å². The molecule has 4 heteroatoms. The van der Waals surface area contributed by atoms with Gasteiger partial charge in [-0.1, -0.05) is 47.5 Å². The normalized spacial score (nSPS) is 11.7. The fourth-order valence-corrected chi connectivity index (χ4v) is 3.26. The van der Waals surface area contributed by atoms with Crippen molar-refractivity contribution in [2.75, 3.05) is 0 Å². The van der Waals surface area contributed by atoms with Gasteiger partial charge < -0.3 is 10.2 Å². The lowest BCUT2D eigenvalue weighted by Gasteiger charge is -2.06. The van der Waals surface area contributed by atoms with Crippen LogP contribution in [-0.4, -0.2) is 22.6 Å².